The molecule has 0 aliphatic heterocycles. The number of nitrogens with two attached hydrogens (primary N) is 1. The molecule has 1 aliphatic carbocycles. The van der Waals surface area contributed by atoms with Gasteiger partial charge >= 0.3 is 0 Å². The molecule has 88 valence electrons. The zero-order valence-electron chi connectivity index (χ0n) is 9.42. The first-order chi connectivity index (χ1) is 7.79. The Morgan fingerprint density at radius 3 is 2.88 bits per heavy atom. The van der Waals surface area contributed by atoms with Crippen molar-refractivity contribution in [3.8, 4) is 5.75 Å². The van der Waals surface area contributed by atoms with E-state index in [9.17, 15) is 0 Å². The normalized spacial score (nSPS) is 15.1. The molecule has 0 unspecified atom stereocenters. The fourth-order valence-electron chi connectivity index (χ4n) is 1.61. The third-order valence-corrected chi connectivity index (χ3v) is 3.15. The molecule has 0 saturated heterocycles. The smallest absolute Gasteiger partial charge is 0.138 e. The van der Waals surface area contributed by atoms with Crippen molar-refractivity contribution < 1.29 is 4.74 Å². The summed E-state index contributed by atoms with van der Waals surface area (Å²) in [5, 5.41) is 0.706. The van der Waals surface area contributed by atoms with E-state index in [4.69, 9.17) is 22.1 Å². The Kier molecular flexibility index (Phi) is 4.08. The molecule has 3 heteroatoms. The molecule has 0 spiro atoms. The van der Waals surface area contributed by atoms with Gasteiger partial charge in [0, 0.05) is 0 Å². The van der Waals surface area contributed by atoms with Crippen LogP contribution in [0.1, 0.15) is 24.8 Å². The lowest BCUT2D eigenvalue weighted by Crippen LogP contribution is -2.02. The van der Waals surface area contributed by atoms with Crippen LogP contribution in [0, 0.1) is 5.92 Å². The van der Waals surface area contributed by atoms with Crippen LogP contribution < -0.4 is 10.5 Å². The number of rotatable bonds is 6. The maximum absolute atomic E-state index is 6.08. The molecule has 2 rings (SSSR count). The molecule has 0 bridgehead atoms. The van der Waals surface area contributed by atoms with Crippen LogP contribution in [-0.2, 0) is 6.42 Å². The SMILES string of the molecule is NCCCc1ccc(Cl)c(OCC2CC2)c1. The van der Waals surface area contributed by atoms with Gasteiger partial charge in [-0.2, -0.15) is 0 Å². The van der Waals surface area contributed by atoms with Crippen LogP contribution in [0.25, 0.3) is 0 Å². The van der Waals surface area contributed by atoms with E-state index >= 15 is 0 Å². The van der Waals surface area contributed by atoms with Gasteiger partial charge in [0.05, 0.1) is 11.6 Å². The van der Waals surface area contributed by atoms with Gasteiger partial charge in [-0.15, -0.1) is 0 Å². The number of ether oxygens (including phenoxy) is 1. The van der Waals surface area contributed by atoms with Gasteiger partial charge in [0.25, 0.3) is 0 Å². The van der Waals surface area contributed by atoms with Crippen LogP contribution in [0.5, 0.6) is 5.75 Å². The molecule has 1 fully saturated rings. The maximum Gasteiger partial charge on any atom is 0.138 e. The van der Waals surface area contributed by atoms with Gasteiger partial charge in [0.2, 0.25) is 0 Å². The average molecular weight is 240 g/mol. The third kappa shape index (κ3) is 3.39. The summed E-state index contributed by atoms with van der Waals surface area (Å²) in [5.74, 6) is 1.58. The fourth-order valence-corrected chi connectivity index (χ4v) is 1.78. The van der Waals surface area contributed by atoms with Gasteiger partial charge in [-0.1, -0.05) is 17.7 Å². The van der Waals surface area contributed by atoms with Crippen molar-refractivity contribution in [3.05, 3.63) is 28.8 Å². The molecule has 0 atom stereocenters. The Morgan fingerprint density at radius 1 is 1.38 bits per heavy atom. The van der Waals surface area contributed by atoms with Gasteiger partial charge in [0.1, 0.15) is 5.75 Å². The topological polar surface area (TPSA) is 35.2 Å². The number of aryl methyl sites for hydroxylation is 1. The molecule has 1 saturated carbocycles. The summed E-state index contributed by atoms with van der Waals surface area (Å²) in [5.41, 5.74) is 6.74. The molecule has 16 heavy (non-hydrogen) atoms. The van der Waals surface area contributed by atoms with Crippen molar-refractivity contribution in [2.24, 2.45) is 11.7 Å². The van der Waals surface area contributed by atoms with Crippen molar-refractivity contribution >= 4 is 11.6 Å². The molecule has 0 radical (unpaired) electrons. The van der Waals surface area contributed by atoms with Crippen LogP contribution in [0.4, 0.5) is 0 Å². The summed E-state index contributed by atoms with van der Waals surface area (Å²) in [6.45, 7) is 1.53. The maximum atomic E-state index is 6.08. The summed E-state index contributed by atoms with van der Waals surface area (Å²) in [7, 11) is 0. The number of benzene rings is 1. The van der Waals surface area contributed by atoms with E-state index in [0.29, 0.717) is 5.02 Å². The second-order valence-corrected chi connectivity index (χ2v) is 4.82. The van der Waals surface area contributed by atoms with E-state index in [1.54, 1.807) is 0 Å². The molecule has 0 aromatic heterocycles. The summed E-state index contributed by atoms with van der Waals surface area (Å²) < 4.78 is 5.72. The standard InChI is InChI=1S/C13H18ClNO/c14-12-6-5-10(2-1-7-15)8-13(12)16-9-11-3-4-11/h5-6,8,11H,1-4,7,9,15H2. The predicted molar refractivity (Wildman–Crippen MR) is 67.0 cm³/mol. The van der Waals surface area contributed by atoms with Crippen molar-refractivity contribution in [1.29, 1.82) is 0 Å². The van der Waals surface area contributed by atoms with Gasteiger partial charge in [-0.3, -0.25) is 0 Å². The first-order valence-corrected chi connectivity index (χ1v) is 6.28. The molecule has 2 N–H and O–H groups in total. The van der Waals surface area contributed by atoms with Crippen molar-refractivity contribution in [3.63, 3.8) is 0 Å². The number of hydrogen-bond donors (Lipinski definition) is 1. The van der Waals surface area contributed by atoms with E-state index < -0.39 is 0 Å². The molecule has 0 heterocycles. The zero-order valence-corrected chi connectivity index (χ0v) is 10.2. The second kappa shape index (κ2) is 5.55. The van der Waals surface area contributed by atoms with Crippen molar-refractivity contribution in [1.82, 2.24) is 0 Å². The Balaban J connectivity index is 1.96. The minimum Gasteiger partial charge on any atom is -0.492 e. The summed E-state index contributed by atoms with van der Waals surface area (Å²) in [6.07, 6.45) is 4.59. The Labute approximate surface area is 102 Å². The predicted octanol–water partition coefficient (Wildman–Crippen LogP) is 3.02. The quantitative estimate of drug-likeness (QED) is 0.828. The Hall–Kier alpha value is -0.730. The zero-order chi connectivity index (χ0) is 11.4. The van der Waals surface area contributed by atoms with E-state index in [-0.39, 0.29) is 0 Å². The van der Waals surface area contributed by atoms with Crippen LogP contribution in [0.3, 0.4) is 0 Å². The summed E-state index contributed by atoms with van der Waals surface area (Å²) in [4.78, 5) is 0. The van der Waals surface area contributed by atoms with E-state index in [1.165, 1.54) is 18.4 Å². The molecular weight excluding hydrogens is 222 g/mol. The Morgan fingerprint density at radius 2 is 2.19 bits per heavy atom. The number of hydrogen-bond acceptors (Lipinski definition) is 2. The van der Waals surface area contributed by atoms with Crippen LogP contribution in [0.2, 0.25) is 5.02 Å². The third-order valence-electron chi connectivity index (χ3n) is 2.84. The van der Waals surface area contributed by atoms with Gasteiger partial charge < -0.3 is 10.5 Å². The highest BCUT2D eigenvalue weighted by atomic mass is 35.5. The highest BCUT2D eigenvalue weighted by molar-refractivity contribution is 6.32. The van der Waals surface area contributed by atoms with Gasteiger partial charge in [-0.05, 0) is 55.8 Å². The highest BCUT2D eigenvalue weighted by Gasteiger charge is 2.22. The van der Waals surface area contributed by atoms with Crippen LogP contribution in [-0.4, -0.2) is 13.2 Å². The molecule has 1 aliphatic rings. The molecule has 1 aromatic carbocycles. The number of halogens is 1. The van der Waals surface area contributed by atoms with E-state index in [1.807, 2.05) is 18.2 Å². The average Bonchev–Trinajstić information content (AvgIpc) is 3.10. The van der Waals surface area contributed by atoms with E-state index in [2.05, 4.69) is 0 Å². The van der Waals surface area contributed by atoms with Gasteiger partial charge in [-0.25, -0.2) is 0 Å². The van der Waals surface area contributed by atoms with E-state index in [0.717, 1.165) is 37.7 Å². The van der Waals surface area contributed by atoms with Gasteiger partial charge in [0.15, 0.2) is 0 Å². The van der Waals surface area contributed by atoms with Crippen LogP contribution >= 0.6 is 11.6 Å². The second-order valence-electron chi connectivity index (χ2n) is 4.41. The monoisotopic (exact) mass is 239 g/mol. The molecule has 0 amide bonds. The molecule has 1 aromatic rings. The van der Waals surface area contributed by atoms with Crippen molar-refractivity contribution in [2.45, 2.75) is 25.7 Å². The fraction of sp³-hybridized carbons (Fsp3) is 0.538. The Bertz CT molecular complexity index is 350. The lowest BCUT2D eigenvalue weighted by molar-refractivity contribution is 0.299. The van der Waals surface area contributed by atoms with Crippen molar-refractivity contribution in [2.75, 3.05) is 13.2 Å². The first-order valence-electron chi connectivity index (χ1n) is 5.91. The lowest BCUT2D eigenvalue weighted by atomic mass is 10.1. The van der Waals surface area contributed by atoms with Crippen LogP contribution in [0.15, 0.2) is 18.2 Å². The molecular formula is C13H18ClNO. The largest absolute Gasteiger partial charge is 0.492 e. The summed E-state index contributed by atoms with van der Waals surface area (Å²) >= 11 is 6.08. The lowest BCUT2D eigenvalue weighted by Gasteiger charge is -2.09. The summed E-state index contributed by atoms with van der Waals surface area (Å²) in [6, 6.07) is 6.00. The first kappa shape index (κ1) is 11.7. The minimum absolute atomic E-state index is 0.706. The highest BCUT2D eigenvalue weighted by Crippen LogP contribution is 2.32. The minimum atomic E-state index is 0.706. The molecule has 2 nitrogen and oxygen atoms in total.